The molecule has 1 fully saturated rings. The fourth-order valence-corrected chi connectivity index (χ4v) is 3.20. The molecule has 1 saturated heterocycles. The summed E-state index contributed by atoms with van der Waals surface area (Å²) in [4.78, 5) is 30.0. The smallest absolute Gasteiger partial charge is 0.386 e. The number of ether oxygens (including phenoxy) is 1. The molecule has 0 bridgehead atoms. The SMILES string of the molecule is CCC1OC(n2cnc3c(N)ncnc32)C(O)C1OP(=O)(O)O. The summed E-state index contributed by atoms with van der Waals surface area (Å²) < 4.78 is 22.9. The van der Waals surface area contributed by atoms with E-state index in [-0.39, 0.29) is 5.82 Å². The third-order valence-electron chi connectivity index (χ3n) is 3.63. The van der Waals surface area contributed by atoms with Crippen molar-refractivity contribution >= 4 is 24.8 Å². The van der Waals surface area contributed by atoms with Crippen LogP contribution in [0.25, 0.3) is 11.2 Å². The highest BCUT2D eigenvalue weighted by Crippen LogP contribution is 2.44. The number of nitrogens with zero attached hydrogens (tertiary/aromatic N) is 4. The number of rotatable bonds is 4. The molecule has 11 nitrogen and oxygen atoms in total. The molecule has 4 unspecified atom stereocenters. The average Bonchev–Trinajstić information content (AvgIpc) is 3.01. The zero-order valence-corrected chi connectivity index (χ0v) is 12.9. The molecule has 126 valence electrons. The summed E-state index contributed by atoms with van der Waals surface area (Å²) in [5.74, 6) is 0.177. The quantitative estimate of drug-likeness (QED) is 0.533. The van der Waals surface area contributed by atoms with Crippen LogP contribution in [0.1, 0.15) is 19.6 Å². The normalized spacial score (nSPS) is 28.5. The Bertz CT molecular complexity index is 762. The first-order chi connectivity index (χ1) is 10.8. The molecule has 12 heteroatoms. The number of nitrogen functional groups attached to an aromatic ring is 1. The average molecular weight is 345 g/mol. The van der Waals surface area contributed by atoms with Crippen molar-refractivity contribution < 1.29 is 28.7 Å². The molecule has 4 atom stereocenters. The molecule has 3 rings (SSSR count). The maximum absolute atomic E-state index is 11.1. The number of hydrogen-bond acceptors (Lipinski definition) is 8. The Morgan fingerprint density at radius 1 is 1.43 bits per heavy atom. The molecule has 0 saturated carbocycles. The van der Waals surface area contributed by atoms with Crippen LogP contribution in [-0.4, -0.2) is 52.7 Å². The number of aliphatic hydroxyl groups is 1. The van der Waals surface area contributed by atoms with Gasteiger partial charge < -0.3 is 25.4 Å². The Hall–Kier alpha value is -1.62. The second-order valence-electron chi connectivity index (χ2n) is 5.11. The molecule has 5 N–H and O–H groups in total. The van der Waals surface area contributed by atoms with Crippen molar-refractivity contribution in [3.8, 4) is 0 Å². The van der Waals surface area contributed by atoms with Crippen LogP contribution in [0.4, 0.5) is 5.82 Å². The Labute approximate surface area is 130 Å². The highest BCUT2D eigenvalue weighted by Gasteiger charge is 2.47. The van der Waals surface area contributed by atoms with Gasteiger partial charge in [-0.1, -0.05) is 6.92 Å². The van der Waals surface area contributed by atoms with E-state index < -0.39 is 32.4 Å². The molecule has 0 aliphatic carbocycles. The van der Waals surface area contributed by atoms with Crippen LogP contribution in [0.2, 0.25) is 0 Å². The minimum absolute atomic E-state index is 0.177. The first-order valence-corrected chi connectivity index (χ1v) is 8.35. The minimum atomic E-state index is -4.77. The molecule has 3 heterocycles. The number of aliphatic hydroxyl groups excluding tert-OH is 1. The number of anilines is 1. The number of aromatic nitrogens is 4. The van der Waals surface area contributed by atoms with Gasteiger partial charge in [0.15, 0.2) is 17.7 Å². The van der Waals surface area contributed by atoms with E-state index in [2.05, 4.69) is 19.5 Å². The molecule has 0 radical (unpaired) electrons. The van der Waals surface area contributed by atoms with E-state index in [0.717, 1.165) is 0 Å². The van der Waals surface area contributed by atoms with Crippen LogP contribution in [0.5, 0.6) is 0 Å². The largest absolute Gasteiger partial charge is 0.470 e. The van der Waals surface area contributed by atoms with E-state index in [1.807, 2.05) is 0 Å². The molecule has 23 heavy (non-hydrogen) atoms. The fourth-order valence-electron chi connectivity index (χ4n) is 2.62. The lowest BCUT2D eigenvalue weighted by atomic mass is 10.1. The lowest BCUT2D eigenvalue weighted by molar-refractivity contribution is -0.0355. The molecular weight excluding hydrogens is 329 g/mol. The molecule has 0 amide bonds. The van der Waals surface area contributed by atoms with Crippen LogP contribution in [0.15, 0.2) is 12.7 Å². The maximum Gasteiger partial charge on any atom is 0.470 e. The minimum Gasteiger partial charge on any atom is -0.386 e. The van der Waals surface area contributed by atoms with Gasteiger partial charge in [-0.25, -0.2) is 19.5 Å². The number of phosphoric acid groups is 1. The van der Waals surface area contributed by atoms with Crippen molar-refractivity contribution in [3.05, 3.63) is 12.7 Å². The van der Waals surface area contributed by atoms with Gasteiger partial charge in [-0.2, -0.15) is 0 Å². The van der Waals surface area contributed by atoms with Gasteiger partial charge in [0.2, 0.25) is 0 Å². The van der Waals surface area contributed by atoms with E-state index >= 15 is 0 Å². The van der Waals surface area contributed by atoms with E-state index in [1.165, 1.54) is 17.2 Å². The monoisotopic (exact) mass is 345 g/mol. The second-order valence-corrected chi connectivity index (χ2v) is 6.30. The van der Waals surface area contributed by atoms with Crippen LogP contribution in [-0.2, 0) is 13.8 Å². The summed E-state index contributed by atoms with van der Waals surface area (Å²) >= 11 is 0. The summed E-state index contributed by atoms with van der Waals surface area (Å²) in [5, 5.41) is 10.4. The first kappa shape index (κ1) is 16.2. The second kappa shape index (κ2) is 5.78. The highest BCUT2D eigenvalue weighted by molar-refractivity contribution is 7.46. The summed E-state index contributed by atoms with van der Waals surface area (Å²) in [5.41, 5.74) is 6.39. The standard InChI is InChI=1S/C11H16N5O6P/c1-2-5-8(22-23(18,19)20)7(17)11(21-5)16-4-15-6-9(12)13-3-14-10(6)16/h3-5,7-8,11,17H,2H2,1H3,(H2,12,13,14)(H2,18,19,20). The first-order valence-electron chi connectivity index (χ1n) is 6.82. The van der Waals surface area contributed by atoms with Crippen LogP contribution >= 0.6 is 7.82 Å². The van der Waals surface area contributed by atoms with Crippen molar-refractivity contribution in [2.24, 2.45) is 0 Å². The van der Waals surface area contributed by atoms with Crippen molar-refractivity contribution in [1.29, 1.82) is 0 Å². The molecule has 1 aliphatic heterocycles. The predicted octanol–water partition coefficient (Wildman–Crippen LogP) is -0.445. The van der Waals surface area contributed by atoms with Crippen molar-refractivity contribution in [2.75, 3.05) is 5.73 Å². The molecule has 2 aromatic rings. The number of fused-ring (bicyclic) bond motifs is 1. The van der Waals surface area contributed by atoms with Crippen LogP contribution < -0.4 is 5.73 Å². The predicted molar refractivity (Wildman–Crippen MR) is 76.9 cm³/mol. The number of phosphoric ester groups is 1. The van der Waals surface area contributed by atoms with Crippen LogP contribution in [0.3, 0.4) is 0 Å². The van der Waals surface area contributed by atoms with Crippen molar-refractivity contribution in [3.63, 3.8) is 0 Å². The van der Waals surface area contributed by atoms with E-state index in [1.54, 1.807) is 6.92 Å². The Morgan fingerprint density at radius 3 is 2.83 bits per heavy atom. The third-order valence-corrected chi connectivity index (χ3v) is 4.15. The van der Waals surface area contributed by atoms with Gasteiger partial charge >= 0.3 is 7.82 Å². The number of imidazole rings is 1. The Balaban J connectivity index is 1.96. The van der Waals surface area contributed by atoms with Gasteiger partial charge in [0.05, 0.1) is 12.4 Å². The van der Waals surface area contributed by atoms with E-state index in [9.17, 15) is 9.67 Å². The fraction of sp³-hybridized carbons (Fsp3) is 0.545. The number of hydrogen-bond donors (Lipinski definition) is 4. The Morgan fingerprint density at radius 2 is 2.17 bits per heavy atom. The summed E-state index contributed by atoms with van der Waals surface area (Å²) in [6, 6.07) is 0. The van der Waals surface area contributed by atoms with Gasteiger partial charge in [0.1, 0.15) is 24.1 Å². The number of nitrogens with two attached hydrogens (primary N) is 1. The molecule has 0 aromatic carbocycles. The highest BCUT2D eigenvalue weighted by atomic mass is 31.2. The van der Waals surface area contributed by atoms with E-state index in [4.69, 9.17) is 20.3 Å². The molecular formula is C11H16N5O6P. The lowest BCUT2D eigenvalue weighted by Gasteiger charge is -2.20. The summed E-state index contributed by atoms with van der Waals surface area (Å²) in [6.45, 7) is 1.75. The van der Waals surface area contributed by atoms with Gasteiger partial charge in [-0.3, -0.25) is 9.09 Å². The lowest BCUT2D eigenvalue weighted by Crippen LogP contribution is -2.33. The van der Waals surface area contributed by atoms with Gasteiger partial charge in [-0.15, -0.1) is 0 Å². The van der Waals surface area contributed by atoms with Gasteiger partial charge in [0.25, 0.3) is 0 Å². The zero-order chi connectivity index (χ0) is 16.8. The summed E-state index contributed by atoms with van der Waals surface area (Å²) in [6.07, 6.45) is -1.14. The summed E-state index contributed by atoms with van der Waals surface area (Å²) in [7, 11) is -4.77. The molecule has 1 aliphatic rings. The van der Waals surface area contributed by atoms with Gasteiger partial charge in [0, 0.05) is 0 Å². The zero-order valence-electron chi connectivity index (χ0n) is 12.1. The van der Waals surface area contributed by atoms with Crippen molar-refractivity contribution in [2.45, 2.75) is 37.9 Å². The third kappa shape index (κ3) is 2.94. The molecule has 0 spiro atoms. The molecule has 2 aromatic heterocycles. The van der Waals surface area contributed by atoms with Crippen molar-refractivity contribution in [1.82, 2.24) is 19.5 Å². The van der Waals surface area contributed by atoms with Gasteiger partial charge in [-0.05, 0) is 6.42 Å². The maximum atomic E-state index is 11.1. The Kier molecular flexibility index (Phi) is 4.08. The van der Waals surface area contributed by atoms with E-state index in [0.29, 0.717) is 17.6 Å². The van der Waals surface area contributed by atoms with Crippen LogP contribution in [0, 0.1) is 0 Å². The topological polar surface area (TPSA) is 166 Å².